The number of ether oxygens (including phenoxy) is 1. The third-order valence-electron chi connectivity index (χ3n) is 4.73. The number of alkyl halides is 3. The largest absolute Gasteiger partial charge is 0.370 e. The standard InChI is InChI=1S/C15H14F4O/c1-8-6-7-14(20-3)12-9(4-5-10(16)11(8)12)15(18,19)13(14,2)17/h4-5H,1,6-7H2,2-3H3. The summed E-state index contributed by atoms with van der Waals surface area (Å²) in [5.41, 5.74) is -4.95. The number of benzene rings is 1. The normalized spacial score (nSPS) is 34.2. The Balaban J connectivity index is 2.47. The van der Waals surface area contributed by atoms with Gasteiger partial charge < -0.3 is 4.74 Å². The Labute approximate surface area is 114 Å². The molecule has 0 saturated carbocycles. The molecular weight excluding hydrogens is 272 g/mol. The molecule has 0 heterocycles. The predicted molar refractivity (Wildman–Crippen MR) is 66.8 cm³/mol. The van der Waals surface area contributed by atoms with Crippen LogP contribution in [-0.4, -0.2) is 12.8 Å². The Morgan fingerprint density at radius 1 is 1.25 bits per heavy atom. The summed E-state index contributed by atoms with van der Waals surface area (Å²) in [7, 11) is 1.19. The average Bonchev–Trinajstić information content (AvgIpc) is 2.51. The van der Waals surface area contributed by atoms with E-state index in [0.717, 1.165) is 19.1 Å². The van der Waals surface area contributed by atoms with E-state index < -0.39 is 28.6 Å². The second-order valence-corrected chi connectivity index (χ2v) is 5.56. The summed E-state index contributed by atoms with van der Waals surface area (Å²) in [4.78, 5) is 0. The Hall–Kier alpha value is -1.36. The van der Waals surface area contributed by atoms with Crippen molar-refractivity contribution in [2.75, 3.05) is 7.11 Å². The zero-order valence-electron chi connectivity index (χ0n) is 11.2. The van der Waals surface area contributed by atoms with Crippen molar-refractivity contribution in [3.05, 3.63) is 41.2 Å². The molecule has 20 heavy (non-hydrogen) atoms. The van der Waals surface area contributed by atoms with Gasteiger partial charge in [0.1, 0.15) is 11.4 Å². The van der Waals surface area contributed by atoms with Crippen molar-refractivity contribution >= 4 is 5.57 Å². The third kappa shape index (κ3) is 1.18. The zero-order valence-corrected chi connectivity index (χ0v) is 11.2. The Kier molecular flexibility index (Phi) is 2.48. The molecule has 2 unspecified atom stereocenters. The Morgan fingerprint density at radius 2 is 1.90 bits per heavy atom. The Morgan fingerprint density at radius 3 is 2.50 bits per heavy atom. The van der Waals surface area contributed by atoms with Crippen LogP contribution in [0.1, 0.15) is 36.5 Å². The summed E-state index contributed by atoms with van der Waals surface area (Å²) in [5, 5.41) is 0. The first-order valence-corrected chi connectivity index (χ1v) is 6.34. The van der Waals surface area contributed by atoms with Gasteiger partial charge in [0.2, 0.25) is 5.67 Å². The smallest absolute Gasteiger partial charge is 0.309 e. The van der Waals surface area contributed by atoms with Crippen molar-refractivity contribution in [3.63, 3.8) is 0 Å². The van der Waals surface area contributed by atoms with Crippen LogP contribution in [0, 0.1) is 5.82 Å². The van der Waals surface area contributed by atoms with E-state index in [2.05, 4.69) is 6.58 Å². The van der Waals surface area contributed by atoms with E-state index in [0.29, 0.717) is 5.57 Å². The molecule has 1 aromatic rings. The average molecular weight is 286 g/mol. The van der Waals surface area contributed by atoms with E-state index in [4.69, 9.17) is 4.74 Å². The summed E-state index contributed by atoms with van der Waals surface area (Å²) in [5.74, 6) is -4.39. The SMILES string of the molecule is C=C1CCC2(OC)c3c(ccc(F)c31)C(F)(F)C2(C)F. The molecule has 3 rings (SSSR count). The number of hydrogen-bond acceptors (Lipinski definition) is 1. The van der Waals surface area contributed by atoms with E-state index in [1.807, 2.05) is 0 Å². The summed E-state index contributed by atoms with van der Waals surface area (Å²) in [6.45, 7) is 4.54. The maximum atomic E-state index is 14.9. The van der Waals surface area contributed by atoms with Gasteiger partial charge in [-0.2, -0.15) is 8.78 Å². The van der Waals surface area contributed by atoms with Crippen LogP contribution in [0.15, 0.2) is 18.7 Å². The van der Waals surface area contributed by atoms with Crippen LogP contribution in [0.2, 0.25) is 0 Å². The molecule has 2 aliphatic rings. The third-order valence-corrected chi connectivity index (χ3v) is 4.73. The summed E-state index contributed by atoms with van der Waals surface area (Å²) < 4.78 is 63.1. The highest BCUT2D eigenvalue weighted by atomic mass is 19.3. The van der Waals surface area contributed by atoms with Gasteiger partial charge in [-0.05, 0) is 37.5 Å². The van der Waals surface area contributed by atoms with E-state index in [-0.39, 0.29) is 24.0 Å². The molecule has 0 saturated heterocycles. The quantitative estimate of drug-likeness (QED) is 0.699. The van der Waals surface area contributed by atoms with Gasteiger partial charge in [0, 0.05) is 23.8 Å². The molecule has 0 fully saturated rings. The fourth-order valence-electron chi connectivity index (χ4n) is 3.55. The molecule has 0 aliphatic heterocycles. The number of hydrogen-bond donors (Lipinski definition) is 0. The predicted octanol–water partition coefficient (Wildman–Crippen LogP) is 4.31. The van der Waals surface area contributed by atoms with E-state index >= 15 is 0 Å². The highest BCUT2D eigenvalue weighted by molar-refractivity contribution is 5.74. The van der Waals surface area contributed by atoms with Crippen molar-refractivity contribution in [1.29, 1.82) is 0 Å². The first-order chi connectivity index (χ1) is 9.20. The van der Waals surface area contributed by atoms with Gasteiger partial charge in [0.15, 0.2) is 0 Å². The van der Waals surface area contributed by atoms with Gasteiger partial charge in [-0.25, -0.2) is 8.78 Å². The van der Waals surface area contributed by atoms with Crippen LogP contribution in [0.25, 0.3) is 5.57 Å². The van der Waals surface area contributed by atoms with Gasteiger partial charge >= 0.3 is 5.92 Å². The fourth-order valence-corrected chi connectivity index (χ4v) is 3.55. The molecule has 2 atom stereocenters. The van der Waals surface area contributed by atoms with E-state index in [1.54, 1.807) is 0 Å². The molecular formula is C15H14F4O. The first kappa shape index (κ1) is 13.6. The lowest BCUT2D eigenvalue weighted by Gasteiger charge is -2.42. The highest BCUT2D eigenvalue weighted by Gasteiger charge is 2.73. The van der Waals surface area contributed by atoms with Gasteiger partial charge in [-0.1, -0.05) is 6.58 Å². The van der Waals surface area contributed by atoms with E-state index in [9.17, 15) is 17.6 Å². The number of allylic oxidation sites excluding steroid dienone is 1. The van der Waals surface area contributed by atoms with Crippen molar-refractivity contribution in [2.24, 2.45) is 0 Å². The van der Waals surface area contributed by atoms with Crippen LogP contribution in [0.4, 0.5) is 17.6 Å². The minimum absolute atomic E-state index is 0.0170. The topological polar surface area (TPSA) is 9.23 Å². The number of halogens is 4. The van der Waals surface area contributed by atoms with Crippen LogP contribution in [-0.2, 0) is 16.3 Å². The summed E-state index contributed by atoms with van der Waals surface area (Å²) >= 11 is 0. The lowest BCUT2D eigenvalue weighted by Crippen LogP contribution is -2.52. The molecule has 0 radical (unpaired) electrons. The van der Waals surface area contributed by atoms with Gasteiger partial charge in [-0.3, -0.25) is 0 Å². The maximum Gasteiger partial charge on any atom is 0.309 e. The molecule has 0 amide bonds. The van der Waals surface area contributed by atoms with Crippen LogP contribution in [0.5, 0.6) is 0 Å². The van der Waals surface area contributed by atoms with Gasteiger partial charge in [-0.15, -0.1) is 0 Å². The monoisotopic (exact) mass is 286 g/mol. The zero-order chi connectivity index (χ0) is 14.9. The van der Waals surface area contributed by atoms with Gasteiger partial charge in [0.25, 0.3) is 0 Å². The summed E-state index contributed by atoms with van der Waals surface area (Å²) in [6.07, 6.45) is 0.241. The molecule has 0 bridgehead atoms. The molecule has 0 spiro atoms. The van der Waals surface area contributed by atoms with Crippen LogP contribution < -0.4 is 0 Å². The second-order valence-electron chi connectivity index (χ2n) is 5.56. The van der Waals surface area contributed by atoms with Crippen LogP contribution >= 0.6 is 0 Å². The molecule has 108 valence electrons. The van der Waals surface area contributed by atoms with Crippen molar-refractivity contribution in [1.82, 2.24) is 0 Å². The second kappa shape index (κ2) is 3.64. The van der Waals surface area contributed by atoms with Crippen molar-refractivity contribution < 1.29 is 22.3 Å². The molecule has 1 nitrogen and oxygen atoms in total. The highest BCUT2D eigenvalue weighted by Crippen LogP contribution is 2.65. The first-order valence-electron chi connectivity index (χ1n) is 6.34. The molecule has 1 aromatic carbocycles. The van der Waals surface area contributed by atoms with Crippen molar-refractivity contribution in [2.45, 2.75) is 37.0 Å². The fraction of sp³-hybridized carbons (Fsp3) is 0.467. The minimum Gasteiger partial charge on any atom is -0.370 e. The molecule has 0 aromatic heterocycles. The van der Waals surface area contributed by atoms with E-state index in [1.165, 1.54) is 7.11 Å². The van der Waals surface area contributed by atoms with Crippen LogP contribution in [0.3, 0.4) is 0 Å². The molecule has 5 heteroatoms. The lowest BCUT2D eigenvalue weighted by atomic mass is 9.73. The maximum absolute atomic E-state index is 14.9. The summed E-state index contributed by atoms with van der Waals surface area (Å²) in [6, 6.07) is 1.89. The van der Waals surface area contributed by atoms with Gasteiger partial charge in [0.05, 0.1) is 0 Å². The Bertz CT molecular complexity index is 621. The number of methoxy groups -OCH3 is 1. The lowest BCUT2D eigenvalue weighted by molar-refractivity contribution is -0.223. The molecule has 2 aliphatic carbocycles. The molecule has 0 N–H and O–H groups in total. The minimum atomic E-state index is -3.73. The number of rotatable bonds is 1. The van der Waals surface area contributed by atoms with Crippen molar-refractivity contribution in [3.8, 4) is 0 Å².